The van der Waals surface area contributed by atoms with E-state index in [1.54, 1.807) is 18.7 Å². The van der Waals surface area contributed by atoms with E-state index in [-0.39, 0.29) is 11.9 Å². The van der Waals surface area contributed by atoms with E-state index in [2.05, 4.69) is 19.2 Å². The van der Waals surface area contributed by atoms with Crippen LogP contribution in [-0.4, -0.2) is 30.0 Å². The van der Waals surface area contributed by atoms with E-state index < -0.39 is 0 Å². The number of hydrogen-bond donors (Lipinski definition) is 1. The molecular formula is C14H21NO3S2. The lowest BCUT2D eigenvalue weighted by atomic mass is 10.3. The average molecular weight is 315 g/mol. The Bertz CT molecular complexity index is 469. The van der Waals surface area contributed by atoms with E-state index in [0.717, 1.165) is 11.3 Å². The highest BCUT2D eigenvalue weighted by Crippen LogP contribution is 2.27. The number of amides is 1. The Kier molecular flexibility index (Phi) is 7.09. The largest absolute Gasteiger partial charge is 0.462 e. The number of aryl methyl sites for hydroxylation is 1. The molecule has 0 fully saturated rings. The molecule has 1 amide bonds. The summed E-state index contributed by atoms with van der Waals surface area (Å²) >= 11 is 2.87. The first-order chi connectivity index (χ1) is 9.43. The van der Waals surface area contributed by atoms with Gasteiger partial charge in [0.05, 0.1) is 17.4 Å². The van der Waals surface area contributed by atoms with Gasteiger partial charge in [-0.3, -0.25) is 4.79 Å². The molecule has 4 nitrogen and oxygen atoms in total. The smallest absolute Gasteiger partial charge is 0.348 e. The molecule has 0 unspecified atom stereocenters. The van der Waals surface area contributed by atoms with Gasteiger partial charge in [0, 0.05) is 0 Å². The number of hydrogen-bond acceptors (Lipinski definition) is 5. The van der Waals surface area contributed by atoms with Crippen LogP contribution in [0.5, 0.6) is 0 Å². The Balaban J connectivity index is 2.54. The number of anilines is 1. The Morgan fingerprint density at radius 3 is 2.75 bits per heavy atom. The van der Waals surface area contributed by atoms with E-state index in [0.29, 0.717) is 28.2 Å². The van der Waals surface area contributed by atoms with E-state index >= 15 is 0 Å². The molecule has 0 atom stereocenters. The third-order valence-electron chi connectivity index (χ3n) is 2.33. The minimum Gasteiger partial charge on any atom is -0.462 e. The molecule has 0 spiro atoms. The second-order valence-corrected chi connectivity index (χ2v) is 6.88. The van der Waals surface area contributed by atoms with Crippen LogP contribution in [0.25, 0.3) is 0 Å². The summed E-state index contributed by atoms with van der Waals surface area (Å²) < 4.78 is 4.97. The number of esters is 1. The molecular weight excluding hydrogens is 294 g/mol. The minimum absolute atomic E-state index is 0.0349. The number of thioether (sulfide) groups is 1. The van der Waals surface area contributed by atoms with Crippen molar-refractivity contribution >= 4 is 40.0 Å². The first kappa shape index (κ1) is 17.0. The molecule has 6 heteroatoms. The average Bonchev–Trinajstić information content (AvgIpc) is 2.70. The number of ether oxygens (including phenoxy) is 1. The van der Waals surface area contributed by atoms with Crippen molar-refractivity contribution in [2.75, 3.05) is 23.4 Å². The lowest BCUT2D eigenvalue weighted by molar-refractivity contribution is -0.113. The Morgan fingerprint density at radius 1 is 1.45 bits per heavy atom. The molecule has 0 aliphatic heterocycles. The third kappa shape index (κ3) is 5.54. The highest BCUT2D eigenvalue weighted by atomic mass is 32.2. The molecule has 112 valence electrons. The van der Waals surface area contributed by atoms with Gasteiger partial charge in [-0.1, -0.05) is 13.8 Å². The van der Waals surface area contributed by atoms with Crippen molar-refractivity contribution in [1.82, 2.24) is 0 Å². The molecule has 20 heavy (non-hydrogen) atoms. The fourth-order valence-corrected chi connectivity index (χ4v) is 3.33. The third-order valence-corrected chi connectivity index (χ3v) is 4.83. The van der Waals surface area contributed by atoms with Crippen LogP contribution in [0, 0.1) is 12.8 Å². The maximum Gasteiger partial charge on any atom is 0.348 e. The normalized spacial score (nSPS) is 10.7. The van der Waals surface area contributed by atoms with Crippen molar-refractivity contribution in [3.63, 3.8) is 0 Å². The van der Waals surface area contributed by atoms with Gasteiger partial charge in [0.25, 0.3) is 0 Å². The van der Waals surface area contributed by atoms with Gasteiger partial charge in [-0.15, -0.1) is 11.3 Å². The predicted octanol–water partition coefficient (Wildman–Crippen LogP) is 3.56. The summed E-state index contributed by atoms with van der Waals surface area (Å²) in [6.07, 6.45) is 0. The molecule has 0 aliphatic carbocycles. The summed E-state index contributed by atoms with van der Waals surface area (Å²) in [5, 5.41) is 3.52. The summed E-state index contributed by atoms with van der Waals surface area (Å²) in [6.45, 7) is 8.21. The number of carbonyl (C=O) groups excluding carboxylic acids is 2. The topological polar surface area (TPSA) is 55.4 Å². The number of nitrogens with one attached hydrogen (secondary N) is 1. The Labute approximate surface area is 128 Å². The van der Waals surface area contributed by atoms with Crippen LogP contribution >= 0.6 is 23.1 Å². The minimum atomic E-state index is -0.329. The maximum atomic E-state index is 11.8. The van der Waals surface area contributed by atoms with Gasteiger partial charge in [0.15, 0.2) is 0 Å². The van der Waals surface area contributed by atoms with E-state index in [4.69, 9.17) is 4.74 Å². The maximum absolute atomic E-state index is 11.8. The summed E-state index contributed by atoms with van der Waals surface area (Å²) in [5.41, 5.74) is 0.832. The van der Waals surface area contributed by atoms with Crippen LogP contribution in [-0.2, 0) is 9.53 Å². The molecule has 1 aromatic heterocycles. The Morgan fingerprint density at radius 2 is 2.15 bits per heavy atom. The second-order valence-electron chi connectivity index (χ2n) is 4.80. The van der Waals surface area contributed by atoms with Crippen LogP contribution in [0.3, 0.4) is 0 Å². The van der Waals surface area contributed by atoms with Gasteiger partial charge in [-0.2, -0.15) is 11.8 Å². The zero-order valence-electron chi connectivity index (χ0n) is 12.3. The van der Waals surface area contributed by atoms with Crippen LogP contribution in [0.1, 0.15) is 36.0 Å². The highest BCUT2D eigenvalue weighted by Gasteiger charge is 2.15. The van der Waals surface area contributed by atoms with E-state index in [1.807, 2.05) is 13.0 Å². The lowest BCUT2D eigenvalue weighted by Crippen LogP contribution is -2.14. The fourth-order valence-electron chi connectivity index (χ4n) is 1.50. The second kappa shape index (κ2) is 8.32. The van der Waals surface area contributed by atoms with Gasteiger partial charge in [0.1, 0.15) is 4.88 Å². The van der Waals surface area contributed by atoms with Gasteiger partial charge in [0.2, 0.25) is 5.91 Å². The van der Waals surface area contributed by atoms with Gasteiger partial charge in [-0.05, 0) is 37.1 Å². The van der Waals surface area contributed by atoms with Crippen molar-refractivity contribution in [3.05, 3.63) is 16.5 Å². The molecule has 1 aromatic rings. The molecule has 0 saturated heterocycles. The molecule has 0 radical (unpaired) electrons. The first-order valence-corrected chi connectivity index (χ1v) is 8.56. The SMILES string of the molecule is CCOC(=O)c1sc(NC(=O)CSCC(C)C)cc1C. The van der Waals surface area contributed by atoms with Gasteiger partial charge >= 0.3 is 5.97 Å². The number of thiophene rings is 1. The van der Waals surface area contributed by atoms with Crippen molar-refractivity contribution < 1.29 is 14.3 Å². The monoisotopic (exact) mass is 315 g/mol. The first-order valence-electron chi connectivity index (χ1n) is 6.59. The Hall–Kier alpha value is -1.01. The number of rotatable bonds is 7. The molecule has 0 saturated carbocycles. The highest BCUT2D eigenvalue weighted by molar-refractivity contribution is 7.99. The van der Waals surface area contributed by atoms with E-state index in [1.165, 1.54) is 11.3 Å². The standard InChI is InChI=1S/C14H21NO3S2/c1-5-18-14(17)13-10(4)6-12(20-13)15-11(16)8-19-7-9(2)3/h6,9H,5,7-8H2,1-4H3,(H,15,16). The van der Waals surface area contributed by atoms with E-state index in [9.17, 15) is 9.59 Å². The summed E-state index contributed by atoms with van der Waals surface area (Å²) in [7, 11) is 0. The molecule has 1 heterocycles. The summed E-state index contributed by atoms with van der Waals surface area (Å²) in [5.74, 6) is 1.61. The van der Waals surface area contributed by atoms with Crippen molar-refractivity contribution in [2.45, 2.75) is 27.7 Å². The van der Waals surface area contributed by atoms with Crippen molar-refractivity contribution in [3.8, 4) is 0 Å². The summed E-state index contributed by atoms with van der Waals surface area (Å²) in [6, 6.07) is 1.81. The molecule has 0 bridgehead atoms. The molecule has 0 aromatic carbocycles. The molecule has 0 aliphatic rings. The molecule has 1 rings (SSSR count). The number of carbonyl (C=O) groups is 2. The van der Waals surface area contributed by atoms with Gasteiger partial charge in [-0.25, -0.2) is 4.79 Å². The van der Waals surface area contributed by atoms with Crippen molar-refractivity contribution in [1.29, 1.82) is 0 Å². The van der Waals surface area contributed by atoms with Crippen molar-refractivity contribution in [2.24, 2.45) is 5.92 Å². The quantitative estimate of drug-likeness (QED) is 0.782. The van der Waals surface area contributed by atoms with Crippen LogP contribution in [0.4, 0.5) is 5.00 Å². The fraction of sp³-hybridized carbons (Fsp3) is 0.571. The van der Waals surface area contributed by atoms with Crippen LogP contribution < -0.4 is 5.32 Å². The summed E-state index contributed by atoms with van der Waals surface area (Å²) in [4.78, 5) is 24.0. The lowest BCUT2D eigenvalue weighted by Gasteiger charge is -2.04. The van der Waals surface area contributed by atoms with Crippen LogP contribution in [0.2, 0.25) is 0 Å². The zero-order valence-corrected chi connectivity index (χ0v) is 14.0. The molecule has 1 N–H and O–H groups in total. The van der Waals surface area contributed by atoms with Gasteiger partial charge < -0.3 is 10.1 Å². The zero-order chi connectivity index (χ0) is 15.1. The van der Waals surface area contributed by atoms with Crippen LogP contribution in [0.15, 0.2) is 6.07 Å². The predicted molar refractivity (Wildman–Crippen MR) is 85.8 cm³/mol.